The van der Waals surface area contributed by atoms with Crippen LogP contribution in [0.4, 0.5) is 0 Å². The highest BCUT2D eigenvalue weighted by Crippen LogP contribution is 2.33. The molecule has 0 heterocycles. The van der Waals surface area contributed by atoms with Gasteiger partial charge in [-0.3, -0.25) is 4.79 Å². The van der Waals surface area contributed by atoms with Crippen molar-refractivity contribution >= 4 is 16.8 Å². The van der Waals surface area contributed by atoms with Crippen LogP contribution in [-0.4, -0.2) is 63.5 Å². The van der Waals surface area contributed by atoms with Crippen molar-refractivity contribution in [1.29, 1.82) is 0 Å². The Hall–Kier alpha value is -0.340. The number of hydrogen-bond acceptors (Lipinski definition) is 4. The fourth-order valence-electron chi connectivity index (χ4n) is 2.23. The highest BCUT2D eigenvalue weighted by Gasteiger charge is 2.24. The van der Waals surface area contributed by atoms with E-state index < -0.39 is 10.9 Å². The van der Waals surface area contributed by atoms with Crippen molar-refractivity contribution in [2.45, 2.75) is 52.9 Å². The first-order chi connectivity index (χ1) is 10.4. The van der Waals surface area contributed by atoms with Crippen molar-refractivity contribution in [2.75, 3.05) is 39.5 Å². The van der Waals surface area contributed by atoms with Crippen LogP contribution in [-0.2, 0) is 4.79 Å². The third kappa shape index (κ3) is 11.8. The van der Waals surface area contributed by atoms with Gasteiger partial charge in [-0.15, -0.1) is 10.9 Å². The first kappa shape index (κ1) is 22.7. The quantitative estimate of drug-likeness (QED) is 0.372. The van der Waals surface area contributed by atoms with Crippen LogP contribution in [0.5, 0.6) is 0 Å². The summed E-state index contributed by atoms with van der Waals surface area (Å²) in [6.45, 7) is 8.58. The Morgan fingerprint density at radius 1 is 1.13 bits per heavy atom. The normalized spacial score (nSPS) is 13.9. The fourth-order valence-corrected chi connectivity index (χ4v) is 2.81. The molecule has 1 amide bonds. The van der Waals surface area contributed by atoms with Crippen LogP contribution >= 0.6 is 10.9 Å². The second kappa shape index (κ2) is 9.84. The lowest BCUT2D eigenvalue weighted by atomic mass is 9.89. The summed E-state index contributed by atoms with van der Waals surface area (Å²) in [6, 6.07) is 0. The van der Waals surface area contributed by atoms with Crippen molar-refractivity contribution in [3.05, 3.63) is 0 Å². The minimum absolute atomic E-state index is 0.0420. The topological polar surface area (TPSA) is 92.6 Å². The lowest BCUT2D eigenvalue weighted by Gasteiger charge is -2.33. The Balaban J connectivity index is 3.82. The zero-order chi connectivity index (χ0) is 18.1. The number of amides is 1. The van der Waals surface area contributed by atoms with Gasteiger partial charge in [-0.2, -0.15) is 0 Å². The monoisotopic (exact) mass is 352 g/mol. The number of hydrogen-bond donors (Lipinski definition) is 3. The number of nitrogens with one attached hydrogen (secondary N) is 1. The number of carbonyl (C=O) groups excluding carboxylic acids is 1. The molecule has 7 heteroatoms. The summed E-state index contributed by atoms with van der Waals surface area (Å²) in [4.78, 5) is 12.0. The largest absolute Gasteiger partial charge is 0.773 e. The van der Waals surface area contributed by atoms with E-state index in [4.69, 9.17) is 9.11 Å². The van der Waals surface area contributed by atoms with E-state index in [2.05, 4.69) is 19.4 Å². The molecule has 0 aromatic heterocycles. The number of unbranched alkanes of at least 4 members (excludes halogenated alkanes) is 2. The molecule has 0 rings (SSSR count). The molecule has 0 radical (unpaired) electrons. The van der Waals surface area contributed by atoms with Crippen LogP contribution in [0, 0.1) is 5.41 Å². The maximum absolute atomic E-state index is 12.0. The number of nitrogens with zero attached hydrogens (tertiary/aromatic N) is 1. The molecule has 0 bridgehead atoms. The first-order valence-electron chi connectivity index (χ1n) is 8.47. The molecule has 0 aliphatic rings. The zero-order valence-electron chi connectivity index (χ0n) is 15.4. The summed E-state index contributed by atoms with van der Waals surface area (Å²) >= 11 is 0. The van der Waals surface area contributed by atoms with Gasteiger partial charge in [-0.1, -0.05) is 20.8 Å². The molecular weight excluding hydrogens is 316 g/mol. The van der Waals surface area contributed by atoms with Gasteiger partial charge in [0.2, 0.25) is 5.91 Å². The smallest absolute Gasteiger partial charge is 0.225 e. The van der Waals surface area contributed by atoms with Crippen LogP contribution in [0.2, 0.25) is 0 Å². The Kier molecular flexibility index (Phi) is 9.69. The van der Waals surface area contributed by atoms with E-state index >= 15 is 0 Å². The second-order valence-corrected chi connectivity index (χ2v) is 9.22. The van der Waals surface area contributed by atoms with Crippen LogP contribution in [0.1, 0.15) is 52.9 Å². The molecular formula is C16H36N2O4S. The molecule has 140 valence electrons. The average Bonchev–Trinajstić information content (AvgIpc) is 2.41. The van der Waals surface area contributed by atoms with Gasteiger partial charge in [0.25, 0.3) is 0 Å². The molecule has 3 N–H and O–H groups in total. The molecule has 0 unspecified atom stereocenters. The predicted octanol–water partition coefficient (Wildman–Crippen LogP) is 3.06. The minimum Gasteiger partial charge on any atom is -0.773 e. The molecule has 23 heavy (non-hydrogen) atoms. The molecule has 6 nitrogen and oxygen atoms in total. The average molecular weight is 353 g/mol. The zero-order valence-corrected chi connectivity index (χ0v) is 16.2. The maximum atomic E-state index is 12.0. The summed E-state index contributed by atoms with van der Waals surface area (Å²) in [5.74, 6) is 0.0709. The predicted molar refractivity (Wildman–Crippen MR) is 95.9 cm³/mol. The summed E-state index contributed by atoms with van der Waals surface area (Å²) in [5.41, 5.74) is -0.303. The molecule has 0 aromatic carbocycles. The van der Waals surface area contributed by atoms with Crippen LogP contribution in [0.25, 0.3) is 0 Å². The lowest BCUT2D eigenvalue weighted by Crippen LogP contribution is -2.43. The van der Waals surface area contributed by atoms with Gasteiger partial charge in [0.1, 0.15) is 0 Å². The van der Waals surface area contributed by atoms with Crippen LogP contribution < -0.4 is 5.32 Å². The van der Waals surface area contributed by atoms with Crippen molar-refractivity contribution in [3.8, 4) is 0 Å². The van der Waals surface area contributed by atoms with Gasteiger partial charge < -0.3 is 23.5 Å². The Morgan fingerprint density at radius 2 is 1.70 bits per heavy atom. The van der Waals surface area contributed by atoms with Gasteiger partial charge in [0.15, 0.2) is 0 Å². The number of carbonyl (C=O) groups is 1. The number of quaternary nitrogens is 1. The Morgan fingerprint density at radius 3 is 2.22 bits per heavy atom. The van der Waals surface area contributed by atoms with Gasteiger partial charge in [0.05, 0.1) is 27.2 Å². The van der Waals surface area contributed by atoms with Crippen LogP contribution in [0.3, 0.4) is 0 Å². The van der Waals surface area contributed by atoms with Crippen molar-refractivity contribution < 1.29 is 22.9 Å². The SMILES string of the molecule is CCC(C)(C)C(=O)NCCC[N+](C)(C)CCCCCS([O-])(O)O. The second-order valence-electron chi connectivity index (χ2n) is 7.60. The van der Waals surface area contributed by atoms with E-state index in [-0.39, 0.29) is 17.1 Å². The Labute approximate surface area is 143 Å². The van der Waals surface area contributed by atoms with E-state index in [1.165, 1.54) is 0 Å². The van der Waals surface area contributed by atoms with E-state index in [9.17, 15) is 9.35 Å². The third-order valence-corrected chi connectivity index (χ3v) is 5.22. The molecule has 0 saturated carbocycles. The minimum atomic E-state index is -3.58. The summed E-state index contributed by atoms with van der Waals surface area (Å²) < 4.78 is 29.2. The van der Waals surface area contributed by atoms with Crippen molar-refractivity contribution in [1.82, 2.24) is 5.32 Å². The van der Waals surface area contributed by atoms with Gasteiger partial charge in [-0.25, -0.2) is 0 Å². The van der Waals surface area contributed by atoms with E-state index in [0.717, 1.165) is 43.3 Å². The Bertz CT molecular complexity index is 354. The maximum Gasteiger partial charge on any atom is 0.225 e. The van der Waals surface area contributed by atoms with E-state index in [1.54, 1.807) is 0 Å². The third-order valence-electron chi connectivity index (χ3n) is 4.40. The van der Waals surface area contributed by atoms with Crippen molar-refractivity contribution in [2.24, 2.45) is 5.41 Å². The van der Waals surface area contributed by atoms with Gasteiger partial charge in [-0.05, 0) is 25.7 Å². The van der Waals surface area contributed by atoms with E-state index in [0.29, 0.717) is 13.0 Å². The molecule has 0 aromatic rings. The molecule has 0 aliphatic carbocycles. The highest BCUT2D eigenvalue weighted by molar-refractivity contribution is 8.19. The molecule has 0 atom stereocenters. The molecule has 0 saturated heterocycles. The fraction of sp³-hybridized carbons (Fsp3) is 0.938. The standard InChI is InChI=1S/C16H36N2O4S/c1-6-16(2,3)15(19)17-11-10-13-18(4,5)12-8-7-9-14-23(20,21)22/h6-14H2,1-5H3,(H3-,17,19,20,21,22). The summed E-state index contributed by atoms with van der Waals surface area (Å²) in [7, 11) is 0.728. The van der Waals surface area contributed by atoms with Gasteiger partial charge in [0, 0.05) is 24.1 Å². The van der Waals surface area contributed by atoms with E-state index in [1.807, 2.05) is 20.8 Å². The first-order valence-corrected chi connectivity index (χ1v) is 10.1. The molecule has 0 aliphatic heterocycles. The molecule has 0 fully saturated rings. The molecule has 0 spiro atoms. The summed E-state index contributed by atoms with van der Waals surface area (Å²) in [6.07, 6.45) is 4.11. The van der Waals surface area contributed by atoms with Gasteiger partial charge >= 0.3 is 0 Å². The number of rotatable bonds is 12. The highest BCUT2D eigenvalue weighted by atomic mass is 32.3. The van der Waals surface area contributed by atoms with Crippen LogP contribution in [0.15, 0.2) is 0 Å². The lowest BCUT2D eigenvalue weighted by molar-refractivity contribution is -0.890. The van der Waals surface area contributed by atoms with Crippen molar-refractivity contribution in [3.63, 3.8) is 0 Å². The summed E-state index contributed by atoms with van der Waals surface area (Å²) in [5, 5.41) is 3.00.